The van der Waals surface area contributed by atoms with Gasteiger partial charge in [-0.3, -0.25) is 4.79 Å². The predicted molar refractivity (Wildman–Crippen MR) is 113 cm³/mol. The number of hydrogen-bond acceptors (Lipinski definition) is 4. The van der Waals surface area contributed by atoms with Gasteiger partial charge in [0.15, 0.2) is 0 Å². The van der Waals surface area contributed by atoms with Crippen molar-refractivity contribution in [1.29, 1.82) is 0 Å². The fraction of sp³-hybridized carbons (Fsp3) is 0.333. The number of aryl methyl sites for hydroxylation is 1. The summed E-state index contributed by atoms with van der Waals surface area (Å²) in [5.41, 5.74) is 3.71. The van der Waals surface area contributed by atoms with Crippen LogP contribution in [-0.4, -0.2) is 18.4 Å². The normalized spacial score (nSPS) is 18.2. The van der Waals surface area contributed by atoms with E-state index in [1.54, 1.807) is 18.2 Å². The molecule has 3 aromatic rings. The summed E-state index contributed by atoms with van der Waals surface area (Å²) in [5, 5.41) is 0.787. The largest absolute Gasteiger partial charge is 0.422 e. The molecule has 4 rings (SSSR count). The minimum absolute atomic E-state index is 0.0289. The molecule has 144 valence electrons. The summed E-state index contributed by atoms with van der Waals surface area (Å²) in [6.07, 6.45) is 1.04. The summed E-state index contributed by atoms with van der Waals surface area (Å²) in [7, 11) is 2.07. The topological polar surface area (TPSA) is 50.5 Å². The van der Waals surface area contributed by atoms with E-state index in [4.69, 9.17) is 4.42 Å². The molecular formula is C24H25NO3. The fourth-order valence-corrected chi connectivity index (χ4v) is 4.31. The van der Waals surface area contributed by atoms with E-state index in [1.165, 1.54) is 5.56 Å². The maximum atomic E-state index is 13.0. The Hall–Kier alpha value is -2.88. The lowest BCUT2D eigenvalue weighted by Gasteiger charge is -2.45. The van der Waals surface area contributed by atoms with E-state index in [1.807, 2.05) is 25.1 Å². The predicted octanol–water partition coefficient (Wildman–Crippen LogP) is 5.05. The molecule has 2 heterocycles. The summed E-state index contributed by atoms with van der Waals surface area (Å²) >= 11 is 0. The quantitative estimate of drug-likeness (QED) is 0.464. The first-order chi connectivity index (χ1) is 13.2. The monoisotopic (exact) mass is 375 g/mol. The summed E-state index contributed by atoms with van der Waals surface area (Å²) in [4.78, 5) is 27.8. The minimum Gasteiger partial charge on any atom is -0.422 e. The van der Waals surface area contributed by atoms with E-state index in [-0.39, 0.29) is 16.9 Å². The lowest BCUT2D eigenvalue weighted by Crippen LogP contribution is -2.45. The van der Waals surface area contributed by atoms with Crippen LogP contribution in [0.1, 0.15) is 60.2 Å². The van der Waals surface area contributed by atoms with Gasteiger partial charge in [-0.2, -0.15) is 0 Å². The molecule has 0 saturated carbocycles. The highest BCUT2D eigenvalue weighted by atomic mass is 16.4. The average Bonchev–Trinajstić information content (AvgIpc) is 2.64. The zero-order chi connectivity index (χ0) is 20.2. The molecule has 0 fully saturated rings. The number of hydrogen-bond donors (Lipinski definition) is 0. The van der Waals surface area contributed by atoms with E-state index in [0.29, 0.717) is 17.1 Å². The molecule has 2 aromatic carbocycles. The van der Waals surface area contributed by atoms with Crippen LogP contribution in [0, 0.1) is 6.92 Å². The number of benzene rings is 2. The van der Waals surface area contributed by atoms with E-state index in [0.717, 1.165) is 23.1 Å². The number of rotatable bonds is 2. The summed E-state index contributed by atoms with van der Waals surface area (Å²) in [6, 6.07) is 13.0. The van der Waals surface area contributed by atoms with E-state index in [9.17, 15) is 9.59 Å². The molecule has 0 bridgehead atoms. The molecule has 1 aliphatic heterocycles. The van der Waals surface area contributed by atoms with Gasteiger partial charge in [-0.25, -0.2) is 4.79 Å². The van der Waals surface area contributed by atoms with Crippen molar-refractivity contribution in [1.82, 2.24) is 0 Å². The van der Waals surface area contributed by atoms with Crippen molar-refractivity contribution >= 4 is 22.4 Å². The second-order valence-electron chi connectivity index (χ2n) is 8.52. The molecule has 0 spiro atoms. The zero-order valence-electron chi connectivity index (χ0n) is 17.0. The third-order valence-electron chi connectivity index (χ3n) is 6.12. The van der Waals surface area contributed by atoms with Gasteiger partial charge in [-0.1, -0.05) is 31.2 Å². The Labute approximate surface area is 164 Å². The third-order valence-corrected chi connectivity index (χ3v) is 6.12. The molecule has 4 heteroatoms. The lowest BCUT2D eigenvalue weighted by atomic mass is 9.80. The van der Waals surface area contributed by atoms with Gasteiger partial charge in [-0.05, 0) is 56.4 Å². The maximum Gasteiger partial charge on any atom is 0.347 e. The molecule has 1 aromatic heterocycles. The van der Waals surface area contributed by atoms with Crippen molar-refractivity contribution in [2.75, 3.05) is 11.9 Å². The van der Waals surface area contributed by atoms with Crippen LogP contribution in [0.3, 0.4) is 0 Å². The molecule has 0 N–H and O–H groups in total. The molecule has 0 aliphatic carbocycles. The number of carbonyl (C=O) groups excluding carboxylic acids is 1. The fourth-order valence-electron chi connectivity index (χ4n) is 4.31. The van der Waals surface area contributed by atoms with Gasteiger partial charge in [0.25, 0.3) is 0 Å². The standard InChI is InChI=1S/C24H25NO3/c1-14-8-6-7-9-17(14)22(26)19-11-16-10-18-15(2)13-24(3,4)25(5)20(18)12-21(16)28-23(19)27/h6-12,15H,13H2,1-5H3/t15-/m0/s1. The van der Waals surface area contributed by atoms with Gasteiger partial charge in [0.1, 0.15) is 11.1 Å². The molecule has 0 unspecified atom stereocenters. The van der Waals surface area contributed by atoms with Gasteiger partial charge in [-0.15, -0.1) is 0 Å². The number of anilines is 1. The highest BCUT2D eigenvalue weighted by Crippen LogP contribution is 2.43. The minimum atomic E-state index is -0.591. The number of fused-ring (bicyclic) bond motifs is 2. The van der Waals surface area contributed by atoms with E-state index >= 15 is 0 Å². The van der Waals surface area contributed by atoms with Crippen LogP contribution < -0.4 is 10.5 Å². The van der Waals surface area contributed by atoms with Crippen molar-refractivity contribution in [3.05, 3.63) is 75.1 Å². The molecule has 28 heavy (non-hydrogen) atoms. The van der Waals surface area contributed by atoms with Gasteiger partial charge in [0, 0.05) is 35.3 Å². The number of ketones is 1. The Morgan fingerprint density at radius 3 is 2.57 bits per heavy atom. The van der Waals surface area contributed by atoms with Crippen LogP contribution in [0.15, 0.2) is 51.7 Å². The molecule has 0 radical (unpaired) electrons. The molecule has 1 atom stereocenters. The van der Waals surface area contributed by atoms with Gasteiger partial charge in [0.05, 0.1) is 0 Å². The Morgan fingerprint density at radius 2 is 1.86 bits per heavy atom. The summed E-state index contributed by atoms with van der Waals surface area (Å²) in [6.45, 7) is 8.52. The van der Waals surface area contributed by atoms with Crippen LogP contribution in [0.4, 0.5) is 5.69 Å². The van der Waals surface area contributed by atoms with Gasteiger partial charge >= 0.3 is 5.63 Å². The van der Waals surface area contributed by atoms with Crippen LogP contribution in [-0.2, 0) is 0 Å². The zero-order valence-corrected chi connectivity index (χ0v) is 17.0. The van der Waals surface area contributed by atoms with Crippen LogP contribution in [0.5, 0.6) is 0 Å². The highest BCUT2D eigenvalue weighted by molar-refractivity contribution is 6.10. The van der Waals surface area contributed by atoms with E-state index in [2.05, 4.69) is 38.8 Å². The van der Waals surface area contributed by atoms with Crippen LogP contribution in [0.25, 0.3) is 11.0 Å². The molecule has 0 amide bonds. The smallest absolute Gasteiger partial charge is 0.347 e. The first-order valence-corrected chi connectivity index (χ1v) is 9.65. The average molecular weight is 375 g/mol. The van der Waals surface area contributed by atoms with Crippen molar-refractivity contribution in [2.45, 2.75) is 45.6 Å². The summed E-state index contributed by atoms with van der Waals surface area (Å²) in [5.74, 6) is 0.0887. The highest BCUT2D eigenvalue weighted by Gasteiger charge is 2.34. The van der Waals surface area contributed by atoms with Crippen molar-refractivity contribution in [3.63, 3.8) is 0 Å². The Bertz CT molecular complexity index is 1160. The third kappa shape index (κ3) is 2.84. The summed E-state index contributed by atoms with van der Waals surface area (Å²) < 4.78 is 5.59. The lowest BCUT2D eigenvalue weighted by molar-refractivity contribution is 0.103. The first kappa shape index (κ1) is 18.5. The van der Waals surface area contributed by atoms with Crippen molar-refractivity contribution < 1.29 is 9.21 Å². The maximum absolute atomic E-state index is 13.0. The van der Waals surface area contributed by atoms with Gasteiger partial charge < -0.3 is 9.32 Å². The second kappa shape index (κ2) is 6.33. The molecule has 1 aliphatic rings. The Kier molecular flexibility index (Phi) is 4.18. The van der Waals surface area contributed by atoms with Crippen LogP contribution in [0.2, 0.25) is 0 Å². The molecular weight excluding hydrogens is 350 g/mol. The van der Waals surface area contributed by atoms with Crippen molar-refractivity contribution in [3.8, 4) is 0 Å². The van der Waals surface area contributed by atoms with E-state index < -0.39 is 5.63 Å². The second-order valence-corrected chi connectivity index (χ2v) is 8.52. The molecule has 4 nitrogen and oxygen atoms in total. The van der Waals surface area contributed by atoms with Gasteiger partial charge in [0.2, 0.25) is 5.78 Å². The SMILES string of the molecule is Cc1ccccc1C(=O)c1cc2cc3c(cc2oc1=O)N(C)C(C)(C)C[C@@H]3C. The number of carbonyl (C=O) groups is 1. The first-order valence-electron chi connectivity index (χ1n) is 9.65. The van der Waals surface area contributed by atoms with Crippen LogP contribution >= 0.6 is 0 Å². The van der Waals surface area contributed by atoms with Crippen molar-refractivity contribution in [2.24, 2.45) is 0 Å². The molecule has 0 saturated heterocycles. The Balaban J connectivity index is 1.89. The number of nitrogens with zero attached hydrogens (tertiary/aromatic N) is 1. The Morgan fingerprint density at radius 1 is 1.14 bits per heavy atom.